The summed E-state index contributed by atoms with van der Waals surface area (Å²) in [5.41, 5.74) is 11.2. The van der Waals surface area contributed by atoms with Gasteiger partial charge in [-0.2, -0.15) is 0 Å². The molecule has 0 aliphatic heterocycles. The summed E-state index contributed by atoms with van der Waals surface area (Å²) in [4.78, 5) is 46.2. The maximum Gasteiger partial charge on any atom is 0.239 e. The number of Topliss-reactive ketones (excluding diaryl/α,β-unsaturated/α-hetero) is 1. The molecule has 0 aliphatic carbocycles. The summed E-state index contributed by atoms with van der Waals surface area (Å²) in [7, 11) is -3.81. The van der Waals surface area contributed by atoms with Gasteiger partial charge in [-0.05, 0) is 24.8 Å². The van der Waals surface area contributed by atoms with E-state index in [2.05, 4.69) is 25.3 Å². The zero-order chi connectivity index (χ0) is 28.0. The number of benzene rings is 1. The van der Waals surface area contributed by atoms with Crippen LogP contribution in [0, 0.1) is 0 Å². The first kappa shape index (κ1) is 30.9. The highest BCUT2D eigenvalue weighted by Gasteiger charge is 2.26. The van der Waals surface area contributed by atoms with Crippen molar-refractivity contribution in [2.24, 2.45) is 16.5 Å². The topological polar surface area (TPSA) is 199 Å². The summed E-state index contributed by atoms with van der Waals surface area (Å²) in [6.45, 7) is 1.77. The summed E-state index contributed by atoms with van der Waals surface area (Å²) < 4.78 is 27.8. The number of amides is 2. The molecular weight excluding hydrogens is 530 g/mol. The van der Waals surface area contributed by atoms with Crippen LogP contribution in [0.3, 0.4) is 0 Å². The first-order valence-electron chi connectivity index (χ1n) is 12.2. The van der Waals surface area contributed by atoms with Crippen molar-refractivity contribution in [3.63, 3.8) is 0 Å². The molecule has 0 fully saturated rings. The Morgan fingerprint density at radius 1 is 1.08 bits per heavy atom. The molecule has 1 heterocycles. The lowest BCUT2D eigenvalue weighted by atomic mass is 10.1. The number of aromatic nitrogens is 1. The molecular formula is C24H35N7O5S2. The average molecular weight is 566 g/mol. The van der Waals surface area contributed by atoms with Crippen LogP contribution < -0.4 is 26.8 Å². The molecule has 0 radical (unpaired) electrons. The van der Waals surface area contributed by atoms with Crippen LogP contribution in [0.15, 0.2) is 46.9 Å². The molecule has 0 aliphatic rings. The molecule has 1 aromatic carbocycles. The first-order valence-corrected chi connectivity index (χ1v) is 14.7. The largest absolute Gasteiger partial charge is 0.370 e. The molecule has 0 unspecified atom stereocenters. The van der Waals surface area contributed by atoms with Crippen molar-refractivity contribution in [2.45, 2.75) is 56.9 Å². The van der Waals surface area contributed by atoms with Gasteiger partial charge in [-0.3, -0.25) is 19.4 Å². The molecule has 38 heavy (non-hydrogen) atoms. The number of nitrogens with zero attached hydrogens (tertiary/aromatic N) is 2. The monoisotopic (exact) mass is 565 g/mol. The molecule has 2 atom stereocenters. The smallest absolute Gasteiger partial charge is 0.239 e. The Bertz CT molecular complexity index is 1170. The van der Waals surface area contributed by atoms with E-state index < -0.39 is 40.5 Å². The number of unbranched alkanes of at least 4 members (excludes halogenated alkanes) is 1. The Morgan fingerprint density at radius 2 is 1.79 bits per heavy atom. The number of hydrogen-bond donors (Lipinski definition) is 5. The lowest BCUT2D eigenvalue weighted by Crippen LogP contribution is -2.50. The zero-order valence-corrected chi connectivity index (χ0v) is 22.9. The van der Waals surface area contributed by atoms with E-state index in [9.17, 15) is 22.8 Å². The Hall–Kier alpha value is -3.36. The Morgan fingerprint density at radius 3 is 2.42 bits per heavy atom. The van der Waals surface area contributed by atoms with Crippen LogP contribution in [0.2, 0.25) is 0 Å². The van der Waals surface area contributed by atoms with Gasteiger partial charge >= 0.3 is 0 Å². The number of carbonyl (C=O) groups excluding carboxylic acids is 3. The predicted molar refractivity (Wildman–Crippen MR) is 147 cm³/mol. The Balaban J connectivity index is 1.98. The average Bonchev–Trinajstić information content (AvgIpc) is 3.41. The highest BCUT2D eigenvalue weighted by Crippen LogP contribution is 2.12. The van der Waals surface area contributed by atoms with Crippen molar-refractivity contribution in [1.29, 1.82) is 0 Å². The van der Waals surface area contributed by atoms with Gasteiger partial charge in [0.15, 0.2) is 11.0 Å². The summed E-state index contributed by atoms with van der Waals surface area (Å²) in [5.74, 6) is -1.93. The van der Waals surface area contributed by atoms with E-state index in [4.69, 9.17) is 11.5 Å². The molecule has 14 heteroatoms. The van der Waals surface area contributed by atoms with E-state index in [-0.39, 0.29) is 41.9 Å². The number of aliphatic imine (C=N–C) groups is 1. The van der Waals surface area contributed by atoms with Crippen molar-refractivity contribution in [1.82, 2.24) is 20.3 Å². The third-order valence-electron chi connectivity index (χ3n) is 5.35. The summed E-state index contributed by atoms with van der Waals surface area (Å²) >= 11 is 1.15. The number of thiazole rings is 1. The maximum atomic E-state index is 12.8. The van der Waals surface area contributed by atoms with Crippen LogP contribution in [0.1, 0.15) is 54.4 Å². The minimum Gasteiger partial charge on any atom is -0.370 e. The molecule has 0 saturated heterocycles. The standard InChI is InChI=1S/C24H35N7O5S2/c1-2-3-10-19(31-38(35,36)16-17-8-5-4-6-9-17)22(34)29-15-20(32)30-18(11-7-12-28-24(25)26)21(33)23-27-13-14-37-23/h4-6,8-9,13-14,18-19,31H,2-3,7,10-12,15-16H2,1H3,(H,29,34)(H,30,32)(H4,25,26,28)/t18-,19-/m0/s1. The van der Waals surface area contributed by atoms with E-state index >= 15 is 0 Å². The molecule has 1 aromatic heterocycles. The van der Waals surface area contributed by atoms with Crippen molar-refractivity contribution in [3.05, 3.63) is 52.5 Å². The van der Waals surface area contributed by atoms with Crippen molar-refractivity contribution >= 4 is 44.9 Å². The highest BCUT2D eigenvalue weighted by molar-refractivity contribution is 7.88. The third-order valence-corrected chi connectivity index (χ3v) is 7.49. The van der Waals surface area contributed by atoms with Gasteiger partial charge in [-0.25, -0.2) is 18.1 Å². The van der Waals surface area contributed by atoms with Crippen LogP contribution in [-0.2, 0) is 25.4 Å². The Kier molecular flexibility index (Phi) is 12.8. The van der Waals surface area contributed by atoms with Crippen LogP contribution in [0.5, 0.6) is 0 Å². The number of hydrogen-bond acceptors (Lipinski definition) is 8. The lowest BCUT2D eigenvalue weighted by molar-refractivity contribution is -0.127. The van der Waals surface area contributed by atoms with E-state index in [1.807, 2.05) is 6.92 Å². The number of rotatable bonds is 17. The summed E-state index contributed by atoms with van der Waals surface area (Å²) in [6, 6.07) is 6.70. The predicted octanol–water partition coefficient (Wildman–Crippen LogP) is 0.659. The molecule has 2 aromatic rings. The van der Waals surface area contributed by atoms with Crippen molar-refractivity contribution < 1.29 is 22.8 Å². The van der Waals surface area contributed by atoms with Gasteiger partial charge in [0, 0.05) is 18.1 Å². The lowest BCUT2D eigenvalue weighted by Gasteiger charge is -2.20. The third kappa shape index (κ3) is 11.4. The first-order chi connectivity index (χ1) is 18.1. The fourth-order valence-corrected chi connectivity index (χ4v) is 5.51. The van der Waals surface area contributed by atoms with Gasteiger partial charge in [0.05, 0.1) is 18.3 Å². The van der Waals surface area contributed by atoms with E-state index in [0.717, 1.165) is 17.8 Å². The van der Waals surface area contributed by atoms with Crippen molar-refractivity contribution in [2.75, 3.05) is 13.1 Å². The molecule has 12 nitrogen and oxygen atoms in total. The number of sulfonamides is 1. The van der Waals surface area contributed by atoms with E-state index in [0.29, 0.717) is 18.4 Å². The van der Waals surface area contributed by atoms with Crippen LogP contribution >= 0.6 is 11.3 Å². The van der Waals surface area contributed by atoms with E-state index in [1.165, 1.54) is 6.20 Å². The number of nitrogens with two attached hydrogens (primary N) is 2. The van der Waals surface area contributed by atoms with Gasteiger partial charge in [0.2, 0.25) is 27.6 Å². The van der Waals surface area contributed by atoms with Crippen molar-refractivity contribution in [3.8, 4) is 0 Å². The highest BCUT2D eigenvalue weighted by atomic mass is 32.2. The van der Waals surface area contributed by atoms with Gasteiger partial charge in [0.25, 0.3) is 0 Å². The zero-order valence-electron chi connectivity index (χ0n) is 21.3. The van der Waals surface area contributed by atoms with Gasteiger partial charge < -0.3 is 22.1 Å². The molecule has 208 valence electrons. The van der Waals surface area contributed by atoms with Crippen LogP contribution in [-0.4, -0.2) is 62.1 Å². The second-order valence-electron chi connectivity index (χ2n) is 8.55. The number of carbonyl (C=O) groups is 3. The quantitative estimate of drug-likeness (QED) is 0.0797. The molecule has 7 N–H and O–H groups in total. The molecule has 2 amide bonds. The molecule has 0 bridgehead atoms. The van der Waals surface area contributed by atoms with Crippen LogP contribution in [0.4, 0.5) is 0 Å². The number of guanidine groups is 1. The second kappa shape index (κ2) is 15.8. The van der Waals surface area contributed by atoms with Gasteiger partial charge in [0.1, 0.15) is 6.04 Å². The van der Waals surface area contributed by atoms with Gasteiger partial charge in [-0.1, -0.05) is 50.1 Å². The van der Waals surface area contributed by atoms with Gasteiger partial charge in [-0.15, -0.1) is 11.3 Å². The SMILES string of the molecule is CCCC[C@H](NS(=O)(=O)Cc1ccccc1)C(=O)NCC(=O)N[C@@H](CCCN=C(N)N)C(=O)c1nccs1. The minimum absolute atomic E-state index is 0.0726. The number of nitrogens with one attached hydrogen (secondary N) is 3. The minimum atomic E-state index is -3.81. The fraction of sp³-hybridized carbons (Fsp3) is 0.458. The van der Waals surface area contributed by atoms with E-state index in [1.54, 1.807) is 35.7 Å². The summed E-state index contributed by atoms with van der Waals surface area (Å²) in [6.07, 6.45) is 3.81. The normalized spacial score (nSPS) is 12.8. The summed E-state index contributed by atoms with van der Waals surface area (Å²) in [5, 5.41) is 7.01. The Labute approximate surface area is 226 Å². The number of ketones is 1. The molecule has 2 rings (SSSR count). The fourth-order valence-electron chi connectivity index (χ4n) is 3.51. The van der Waals surface area contributed by atoms with Crippen LogP contribution in [0.25, 0.3) is 0 Å². The second-order valence-corrected chi connectivity index (χ2v) is 11.2. The maximum absolute atomic E-state index is 12.8. The molecule has 0 spiro atoms. The molecule has 0 saturated carbocycles.